The fraction of sp³-hybridized carbons (Fsp3) is 0.318. The molecule has 0 aliphatic heterocycles. The van der Waals surface area contributed by atoms with Crippen LogP contribution in [0.25, 0.3) is 11.5 Å². The number of ketones is 1. The van der Waals surface area contributed by atoms with Crippen molar-refractivity contribution in [3.63, 3.8) is 0 Å². The van der Waals surface area contributed by atoms with Gasteiger partial charge in [0, 0.05) is 18.4 Å². The van der Waals surface area contributed by atoms with Gasteiger partial charge in [0.1, 0.15) is 17.5 Å². The summed E-state index contributed by atoms with van der Waals surface area (Å²) in [5, 5.41) is 3.98. The number of hydrogen-bond acceptors (Lipinski definition) is 4. The van der Waals surface area contributed by atoms with Gasteiger partial charge in [-0.15, -0.1) is 0 Å². The predicted molar refractivity (Wildman–Crippen MR) is 102 cm³/mol. The summed E-state index contributed by atoms with van der Waals surface area (Å²) in [6.07, 6.45) is 2.91. The van der Waals surface area contributed by atoms with Crippen molar-refractivity contribution in [3.05, 3.63) is 71.3 Å². The molecule has 1 aromatic heterocycles. The van der Waals surface area contributed by atoms with E-state index in [4.69, 9.17) is 4.52 Å². The van der Waals surface area contributed by atoms with Gasteiger partial charge in [0.25, 0.3) is 5.89 Å². The molecule has 0 aliphatic carbocycles. The van der Waals surface area contributed by atoms with Gasteiger partial charge in [0.15, 0.2) is 11.6 Å². The third-order valence-electron chi connectivity index (χ3n) is 4.84. The Morgan fingerprint density at radius 2 is 1.86 bits per heavy atom. The SMILES string of the molecule is CCC(CCCCC(=O)c1ccc(F)cc1F)c1noc(-c2ccccc2F)n1. The molecule has 152 valence electrons. The Kier molecular flexibility index (Phi) is 6.80. The third-order valence-corrected chi connectivity index (χ3v) is 4.84. The number of hydrogen-bond donors (Lipinski definition) is 0. The lowest BCUT2D eigenvalue weighted by Crippen LogP contribution is -2.04. The van der Waals surface area contributed by atoms with Gasteiger partial charge < -0.3 is 4.52 Å². The number of aromatic nitrogens is 2. The van der Waals surface area contributed by atoms with E-state index < -0.39 is 17.5 Å². The fourth-order valence-electron chi connectivity index (χ4n) is 3.19. The highest BCUT2D eigenvalue weighted by atomic mass is 19.1. The Balaban J connectivity index is 1.54. The van der Waals surface area contributed by atoms with E-state index in [1.807, 2.05) is 6.92 Å². The second-order valence-electron chi connectivity index (χ2n) is 6.84. The van der Waals surface area contributed by atoms with E-state index in [1.165, 1.54) is 12.1 Å². The minimum absolute atomic E-state index is 0.0110. The zero-order valence-electron chi connectivity index (χ0n) is 16.0. The molecule has 1 unspecified atom stereocenters. The molecule has 1 heterocycles. The maximum Gasteiger partial charge on any atom is 0.260 e. The van der Waals surface area contributed by atoms with Gasteiger partial charge in [-0.2, -0.15) is 4.98 Å². The Labute approximate surface area is 166 Å². The average Bonchev–Trinajstić information content (AvgIpc) is 3.18. The number of nitrogens with zero attached hydrogens (tertiary/aromatic N) is 2. The van der Waals surface area contributed by atoms with Crippen LogP contribution in [-0.2, 0) is 0 Å². The predicted octanol–water partition coefficient (Wildman–Crippen LogP) is 6.09. The summed E-state index contributed by atoms with van der Waals surface area (Å²) in [5.74, 6) is -1.68. The lowest BCUT2D eigenvalue weighted by Gasteiger charge is -2.10. The van der Waals surface area contributed by atoms with Crippen molar-refractivity contribution in [1.29, 1.82) is 0 Å². The van der Waals surface area contributed by atoms with Crippen molar-refractivity contribution in [2.45, 2.75) is 44.9 Å². The Morgan fingerprint density at radius 3 is 2.59 bits per heavy atom. The molecular weight excluding hydrogens is 381 g/mol. The van der Waals surface area contributed by atoms with Crippen LogP contribution in [0.15, 0.2) is 47.0 Å². The van der Waals surface area contributed by atoms with Crippen molar-refractivity contribution in [3.8, 4) is 11.5 Å². The van der Waals surface area contributed by atoms with Crippen LogP contribution in [0, 0.1) is 17.5 Å². The van der Waals surface area contributed by atoms with Gasteiger partial charge in [0.2, 0.25) is 0 Å². The maximum atomic E-state index is 13.9. The molecule has 0 saturated heterocycles. The molecule has 2 aromatic carbocycles. The molecule has 29 heavy (non-hydrogen) atoms. The molecule has 0 aliphatic rings. The van der Waals surface area contributed by atoms with Crippen LogP contribution in [0.2, 0.25) is 0 Å². The summed E-state index contributed by atoms with van der Waals surface area (Å²) in [7, 11) is 0. The van der Waals surface area contributed by atoms with Gasteiger partial charge in [-0.1, -0.05) is 30.6 Å². The monoisotopic (exact) mass is 402 g/mol. The summed E-state index contributed by atoms with van der Waals surface area (Å²) in [6.45, 7) is 1.99. The first-order chi connectivity index (χ1) is 14.0. The minimum atomic E-state index is -0.839. The van der Waals surface area contributed by atoms with Crippen LogP contribution in [-0.4, -0.2) is 15.9 Å². The summed E-state index contributed by atoms with van der Waals surface area (Å²) >= 11 is 0. The van der Waals surface area contributed by atoms with Crippen LogP contribution in [0.3, 0.4) is 0 Å². The topological polar surface area (TPSA) is 56.0 Å². The number of Topliss-reactive ketones (excluding diaryl/α,β-unsaturated/α-hetero) is 1. The number of halogens is 3. The van der Waals surface area contributed by atoms with E-state index in [2.05, 4.69) is 10.1 Å². The molecule has 3 rings (SSSR count). The third kappa shape index (κ3) is 5.10. The molecule has 0 N–H and O–H groups in total. The van der Waals surface area contributed by atoms with Gasteiger partial charge in [0.05, 0.1) is 11.1 Å². The first-order valence-corrected chi connectivity index (χ1v) is 9.56. The smallest absolute Gasteiger partial charge is 0.260 e. The maximum absolute atomic E-state index is 13.9. The molecule has 4 nitrogen and oxygen atoms in total. The first kappa shape index (κ1) is 20.8. The standard InChI is InChI=1S/C22H21F3N2O2/c1-2-14(21-26-22(29-27-21)17-8-4-5-9-18(17)24)7-3-6-10-20(28)16-12-11-15(23)13-19(16)25/h4-5,8-9,11-14H,2-3,6-7,10H2,1H3. The van der Waals surface area contributed by atoms with Crippen LogP contribution < -0.4 is 0 Å². The lowest BCUT2D eigenvalue weighted by molar-refractivity contribution is 0.0975. The fourth-order valence-corrected chi connectivity index (χ4v) is 3.19. The highest BCUT2D eigenvalue weighted by Crippen LogP contribution is 2.27. The number of unbranched alkanes of at least 4 members (excludes halogenated alkanes) is 1. The number of carbonyl (C=O) groups is 1. The largest absolute Gasteiger partial charge is 0.334 e. The second-order valence-corrected chi connectivity index (χ2v) is 6.84. The minimum Gasteiger partial charge on any atom is -0.334 e. The molecule has 0 bridgehead atoms. The van der Waals surface area contributed by atoms with E-state index in [-0.39, 0.29) is 35.1 Å². The van der Waals surface area contributed by atoms with Gasteiger partial charge in [-0.05, 0) is 43.5 Å². The summed E-state index contributed by atoms with van der Waals surface area (Å²) in [6, 6.07) is 9.15. The zero-order valence-corrected chi connectivity index (χ0v) is 16.0. The molecule has 7 heteroatoms. The van der Waals surface area contributed by atoms with Crippen LogP contribution in [0.4, 0.5) is 13.2 Å². The van der Waals surface area contributed by atoms with Crippen LogP contribution >= 0.6 is 0 Å². The van der Waals surface area contributed by atoms with Gasteiger partial charge in [-0.3, -0.25) is 4.79 Å². The lowest BCUT2D eigenvalue weighted by atomic mass is 9.96. The Hall–Kier alpha value is -2.96. The molecule has 0 spiro atoms. The van der Waals surface area contributed by atoms with Crippen LogP contribution in [0.1, 0.15) is 61.1 Å². The molecule has 1 atom stereocenters. The Morgan fingerprint density at radius 1 is 1.07 bits per heavy atom. The highest BCUT2D eigenvalue weighted by molar-refractivity contribution is 5.96. The van der Waals surface area contributed by atoms with E-state index in [1.54, 1.807) is 18.2 Å². The number of carbonyl (C=O) groups excluding carboxylic acids is 1. The summed E-state index contributed by atoms with van der Waals surface area (Å²) in [5.41, 5.74) is 0.166. The van der Waals surface area contributed by atoms with Crippen molar-refractivity contribution in [1.82, 2.24) is 10.1 Å². The average molecular weight is 402 g/mol. The normalized spacial score (nSPS) is 12.1. The second kappa shape index (κ2) is 9.49. The highest BCUT2D eigenvalue weighted by Gasteiger charge is 2.19. The van der Waals surface area contributed by atoms with E-state index in [9.17, 15) is 18.0 Å². The van der Waals surface area contributed by atoms with Crippen molar-refractivity contribution < 1.29 is 22.5 Å². The molecular formula is C22H21F3N2O2. The van der Waals surface area contributed by atoms with Gasteiger partial charge in [-0.25, -0.2) is 13.2 Å². The Bertz CT molecular complexity index is 988. The van der Waals surface area contributed by atoms with E-state index >= 15 is 0 Å². The summed E-state index contributed by atoms with van der Waals surface area (Å²) < 4.78 is 45.7. The number of rotatable bonds is 9. The van der Waals surface area contributed by atoms with Crippen molar-refractivity contribution in [2.75, 3.05) is 0 Å². The molecule has 3 aromatic rings. The number of benzene rings is 2. The van der Waals surface area contributed by atoms with E-state index in [0.717, 1.165) is 12.5 Å². The quantitative estimate of drug-likeness (QED) is 0.321. The van der Waals surface area contributed by atoms with Crippen molar-refractivity contribution in [2.24, 2.45) is 0 Å². The van der Waals surface area contributed by atoms with Crippen LogP contribution in [0.5, 0.6) is 0 Å². The summed E-state index contributed by atoms with van der Waals surface area (Å²) in [4.78, 5) is 16.4. The van der Waals surface area contributed by atoms with Crippen molar-refractivity contribution >= 4 is 5.78 Å². The molecule has 0 amide bonds. The van der Waals surface area contributed by atoms with E-state index in [0.29, 0.717) is 31.2 Å². The first-order valence-electron chi connectivity index (χ1n) is 9.56. The molecule has 0 saturated carbocycles. The zero-order chi connectivity index (χ0) is 20.8. The molecule has 0 radical (unpaired) electrons. The van der Waals surface area contributed by atoms with Gasteiger partial charge >= 0.3 is 0 Å². The molecule has 0 fully saturated rings.